The maximum atomic E-state index is 12.0. The fourth-order valence-corrected chi connectivity index (χ4v) is 3.12. The molecule has 0 radical (unpaired) electrons. The summed E-state index contributed by atoms with van der Waals surface area (Å²) in [6, 6.07) is 13.3. The third-order valence-electron chi connectivity index (χ3n) is 3.81. The molecule has 0 saturated heterocycles. The second kappa shape index (κ2) is 8.38. The van der Waals surface area contributed by atoms with Gasteiger partial charge in [0.25, 0.3) is 5.22 Å². The van der Waals surface area contributed by atoms with Crippen molar-refractivity contribution in [2.75, 3.05) is 11.1 Å². The number of carbonyl (C=O) groups is 1. The molecule has 0 atom stereocenters. The van der Waals surface area contributed by atoms with Crippen LogP contribution in [0.5, 0.6) is 0 Å². The molecule has 26 heavy (non-hydrogen) atoms. The van der Waals surface area contributed by atoms with Crippen molar-refractivity contribution in [2.45, 2.75) is 25.5 Å². The smallest absolute Gasteiger partial charge is 0.277 e. The summed E-state index contributed by atoms with van der Waals surface area (Å²) in [6.07, 6.45) is 0.573. The summed E-state index contributed by atoms with van der Waals surface area (Å²) in [5, 5.41) is 11.8. The number of amides is 1. The van der Waals surface area contributed by atoms with Crippen LogP contribution in [0.4, 0.5) is 5.69 Å². The minimum atomic E-state index is -0.161. The minimum absolute atomic E-state index is 0.161. The zero-order chi connectivity index (χ0) is 18.5. The molecule has 3 rings (SSSR count). The number of anilines is 1. The molecule has 0 aliphatic heterocycles. The van der Waals surface area contributed by atoms with Crippen molar-refractivity contribution in [3.63, 3.8) is 0 Å². The summed E-state index contributed by atoms with van der Waals surface area (Å²) in [5.41, 5.74) is 4.26. The quantitative estimate of drug-likeness (QED) is 0.623. The Kier molecular flexibility index (Phi) is 5.96. The highest BCUT2D eigenvalue weighted by Crippen LogP contribution is 2.20. The van der Waals surface area contributed by atoms with Gasteiger partial charge in [-0.15, -0.1) is 10.2 Å². The van der Waals surface area contributed by atoms with Crippen LogP contribution in [0.3, 0.4) is 0 Å². The van der Waals surface area contributed by atoms with Gasteiger partial charge in [0.1, 0.15) is 0 Å². The molecule has 134 valence electrons. The number of aromatic nitrogens is 2. The fourth-order valence-electron chi connectivity index (χ4n) is 2.35. The predicted octanol–water partition coefficient (Wildman–Crippen LogP) is 4.66. The Labute approximate surface area is 161 Å². The number of halogens is 1. The third kappa shape index (κ3) is 5.09. The lowest BCUT2D eigenvalue weighted by Gasteiger charge is -2.04. The maximum absolute atomic E-state index is 12.0. The van der Waals surface area contributed by atoms with Crippen LogP contribution in [0, 0.1) is 13.8 Å². The molecule has 0 fully saturated rings. The highest BCUT2D eigenvalue weighted by atomic mass is 35.5. The molecule has 0 spiro atoms. The van der Waals surface area contributed by atoms with Crippen LogP contribution in [-0.4, -0.2) is 21.9 Å². The Morgan fingerprint density at radius 3 is 2.77 bits per heavy atom. The van der Waals surface area contributed by atoms with Crippen LogP contribution in [-0.2, 0) is 11.2 Å². The number of carbonyl (C=O) groups excluding carboxylic acids is 1. The van der Waals surface area contributed by atoms with Crippen molar-refractivity contribution in [1.82, 2.24) is 10.2 Å². The van der Waals surface area contributed by atoms with Gasteiger partial charge >= 0.3 is 0 Å². The first-order chi connectivity index (χ1) is 12.5. The molecule has 5 nitrogen and oxygen atoms in total. The lowest BCUT2D eigenvalue weighted by atomic mass is 10.0. The molecule has 2 aromatic carbocycles. The van der Waals surface area contributed by atoms with Crippen LogP contribution in [0.25, 0.3) is 0 Å². The van der Waals surface area contributed by atoms with Crippen LogP contribution < -0.4 is 5.32 Å². The number of rotatable bonds is 6. The molecule has 1 aromatic heterocycles. The predicted molar refractivity (Wildman–Crippen MR) is 104 cm³/mol. The molecule has 1 N–H and O–H groups in total. The van der Waals surface area contributed by atoms with Crippen molar-refractivity contribution >= 4 is 35.0 Å². The number of benzene rings is 2. The molecule has 0 saturated carbocycles. The molecule has 0 bridgehead atoms. The van der Waals surface area contributed by atoms with E-state index >= 15 is 0 Å². The highest BCUT2D eigenvalue weighted by molar-refractivity contribution is 7.99. The molecule has 0 aliphatic carbocycles. The van der Waals surface area contributed by atoms with E-state index < -0.39 is 0 Å². The monoisotopic (exact) mass is 387 g/mol. The van der Waals surface area contributed by atoms with Crippen molar-refractivity contribution in [2.24, 2.45) is 0 Å². The van der Waals surface area contributed by atoms with E-state index in [1.165, 1.54) is 22.9 Å². The summed E-state index contributed by atoms with van der Waals surface area (Å²) < 4.78 is 5.62. The molecule has 1 amide bonds. The number of hydrogen-bond acceptors (Lipinski definition) is 5. The van der Waals surface area contributed by atoms with E-state index in [9.17, 15) is 4.79 Å². The largest absolute Gasteiger partial charge is 0.416 e. The van der Waals surface area contributed by atoms with E-state index in [2.05, 4.69) is 47.6 Å². The number of nitrogens with one attached hydrogen (secondary N) is 1. The van der Waals surface area contributed by atoms with Gasteiger partial charge in [0.15, 0.2) is 0 Å². The van der Waals surface area contributed by atoms with Crippen LogP contribution in [0.2, 0.25) is 5.02 Å². The third-order valence-corrected chi connectivity index (χ3v) is 4.86. The first kappa shape index (κ1) is 18.5. The van der Waals surface area contributed by atoms with Gasteiger partial charge < -0.3 is 9.73 Å². The lowest BCUT2D eigenvalue weighted by Crippen LogP contribution is -2.13. The van der Waals surface area contributed by atoms with Crippen LogP contribution in [0.15, 0.2) is 52.1 Å². The van der Waals surface area contributed by atoms with Crippen molar-refractivity contribution in [1.29, 1.82) is 0 Å². The maximum Gasteiger partial charge on any atom is 0.277 e. The second-order valence-electron chi connectivity index (χ2n) is 5.90. The first-order valence-electron chi connectivity index (χ1n) is 8.06. The number of hydrogen-bond donors (Lipinski definition) is 1. The average Bonchev–Trinajstić information content (AvgIpc) is 3.04. The Hall–Kier alpha value is -2.31. The SMILES string of the molecule is Cc1ccc(Cc2nnc(SCC(=O)Nc3cccc(Cl)c3)o2)cc1C. The number of thioether (sulfide) groups is 1. The van der Waals surface area contributed by atoms with E-state index in [1.807, 2.05) is 0 Å². The summed E-state index contributed by atoms with van der Waals surface area (Å²) in [6.45, 7) is 4.15. The highest BCUT2D eigenvalue weighted by Gasteiger charge is 2.11. The zero-order valence-electron chi connectivity index (χ0n) is 14.5. The minimum Gasteiger partial charge on any atom is -0.416 e. The molecule has 3 aromatic rings. The first-order valence-corrected chi connectivity index (χ1v) is 9.42. The Bertz CT molecular complexity index is 927. The lowest BCUT2D eigenvalue weighted by molar-refractivity contribution is -0.113. The van der Waals surface area contributed by atoms with Gasteiger partial charge in [0, 0.05) is 10.7 Å². The second-order valence-corrected chi connectivity index (χ2v) is 7.27. The van der Waals surface area contributed by atoms with Crippen molar-refractivity contribution < 1.29 is 9.21 Å². The van der Waals surface area contributed by atoms with Crippen molar-refractivity contribution in [3.8, 4) is 0 Å². The number of nitrogens with zero attached hydrogens (tertiary/aromatic N) is 2. The van der Waals surface area contributed by atoms with Crippen molar-refractivity contribution in [3.05, 3.63) is 70.1 Å². The molecule has 1 heterocycles. The molecular weight excluding hydrogens is 370 g/mol. The van der Waals surface area contributed by atoms with E-state index in [4.69, 9.17) is 16.0 Å². The normalized spacial score (nSPS) is 10.7. The summed E-state index contributed by atoms with van der Waals surface area (Å²) in [7, 11) is 0. The molecular formula is C19H18ClN3O2S. The van der Waals surface area contributed by atoms with E-state index in [1.54, 1.807) is 24.3 Å². The summed E-state index contributed by atoms with van der Waals surface area (Å²) in [4.78, 5) is 12.0. The topological polar surface area (TPSA) is 68.0 Å². The Morgan fingerprint density at radius 1 is 1.15 bits per heavy atom. The van der Waals surface area contributed by atoms with E-state index in [0.717, 1.165) is 5.56 Å². The Morgan fingerprint density at radius 2 is 2.00 bits per heavy atom. The van der Waals surface area contributed by atoms with Gasteiger partial charge in [-0.3, -0.25) is 4.79 Å². The fraction of sp³-hybridized carbons (Fsp3) is 0.211. The van der Waals surface area contributed by atoms with Gasteiger partial charge in [0.05, 0.1) is 12.2 Å². The molecule has 0 unspecified atom stereocenters. The van der Waals surface area contributed by atoms with Gasteiger partial charge in [-0.25, -0.2) is 0 Å². The van der Waals surface area contributed by atoms with E-state index in [-0.39, 0.29) is 11.7 Å². The molecule has 0 aliphatic rings. The van der Waals surface area contributed by atoms with Gasteiger partial charge in [-0.1, -0.05) is 47.6 Å². The van der Waals surface area contributed by atoms with Gasteiger partial charge in [-0.2, -0.15) is 0 Å². The number of aryl methyl sites for hydroxylation is 2. The summed E-state index contributed by atoms with van der Waals surface area (Å²) in [5.74, 6) is 0.551. The van der Waals surface area contributed by atoms with Crippen LogP contribution >= 0.6 is 23.4 Å². The van der Waals surface area contributed by atoms with E-state index in [0.29, 0.717) is 28.2 Å². The standard InChI is InChI=1S/C19H18ClN3O2S/c1-12-6-7-14(8-13(12)2)9-18-22-23-19(25-18)26-11-17(24)21-16-5-3-4-15(20)10-16/h3-8,10H,9,11H2,1-2H3,(H,21,24). The zero-order valence-corrected chi connectivity index (χ0v) is 16.0. The van der Waals surface area contributed by atoms with Crippen LogP contribution in [0.1, 0.15) is 22.6 Å². The average molecular weight is 388 g/mol. The van der Waals surface area contributed by atoms with Gasteiger partial charge in [-0.05, 0) is 48.7 Å². The molecule has 7 heteroatoms. The Balaban J connectivity index is 1.53. The van der Waals surface area contributed by atoms with Gasteiger partial charge in [0.2, 0.25) is 11.8 Å². The summed E-state index contributed by atoms with van der Waals surface area (Å²) >= 11 is 7.10.